The number of hydrogen-bond donors (Lipinski definition) is 2. The highest BCUT2D eigenvalue weighted by molar-refractivity contribution is 5.88. The first-order chi connectivity index (χ1) is 11.6. The van der Waals surface area contributed by atoms with Crippen LogP contribution < -0.4 is 10.6 Å². The van der Waals surface area contributed by atoms with Crippen molar-refractivity contribution in [1.29, 1.82) is 0 Å². The van der Waals surface area contributed by atoms with E-state index in [2.05, 4.69) is 10.6 Å². The van der Waals surface area contributed by atoms with Gasteiger partial charge in [-0.05, 0) is 23.6 Å². The van der Waals surface area contributed by atoms with Gasteiger partial charge in [-0.2, -0.15) is 0 Å². The molecule has 0 aliphatic carbocycles. The maximum atomic E-state index is 13.6. The van der Waals surface area contributed by atoms with E-state index in [1.165, 1.54) is 6.07 Å². The predicted octanol–water partition coefficient (Wildman–Crippen LogP) is 2.33. The second-order valence-corrected chi connectivity index (χ2v) is 5.49. The Kier molecular flexibility index (Phi) is 4.74. The number of ether oxygens (including phenoxy) is 1. The maximum Gasteiger partial charge on any atom is 0.408 e. The molecule has 0 bridgehead atoms. The first kappa shape index (κ1) is 16.0. The first-order valence-electron chi connectivity index (χ1n) is 7.68. The highest BCUT2D eigenvalue weighted by Gasteiger charge is 2.39. The van der Waals surface area contributed by atoms with Gasteiger partial charge in [0.25, 0.3) is 0 Å². The summed E-state index contributed by atoms with van der Waals surface area (Å²) >= 11 is 0. The monoisotopic (exact) mass is 328 g/mol. The molecule has 2 aromatic carbocycles. The number of cyclic esters (lactones) is 1. The van der Waals surface area contributed by atoms with E-state index in [0.29, 0.717) is 12.0 Å². The molecule has 0 saturated carbocycles. The van der Waals surface area contributed by atoms with Gasteiger partial charge in [0.05, 0.1) is 0 Å². The van der Waals surface area contributed by atoms with Crippen LogP contribution >= 0.6 is 0 Å². The van der Waals surface area contributed by atoms with E-state index in [-0.39, 0.29) is 18.3 Å². The molecule has 2 amide bonds. The molecule has 1 saturated heterocycles. The van der Waals surface area contributed by atoms with Gasteiger partial charge in [0.2, 0.25) is 5.91 Å². The molecular formula is C18H17FN2O3. The zero-order chi connectivity index (χ0) is 16.9. The van der Waals surface area contributed by atoms with Crippen LogP contribution in [0.2, 0.25) is 0 Å². The molecule has 2 aromatic rings. The van der Waals surface area contributed by atoms with E-state index >= 15 is 0 Å². The van der Waals surface area contributed by atoms with Gasteiger partial charge in [-0.15, -0.1) is 0 Å². The molecule has 6 heteroatoms. The highest BCUT2D eigenvalue weighted by Crippen LogP contribution is 2.26. The molecule has 5 nitrogen and oxygen atoms in total. The zero-order valence-corrected chi connectivity index (χ0v) is 12.9. The molecule has 1 heterocycles. The third kappa shape index (κ3) is 3.53. The quantitative estimate of drug-likeness (QED) is 0.885. The van der Waals surface area contributed by atoms with Crippen LogP contribution in [0.4, 0.5) is 9.18 Å². The van der Waals surface area contributed by atoms with E-state index in [1.807, 2.05) is 18.2 Å². The Hall–Kier alpha value is -2.89. The molecule has 3 rings (SSSR count). The molecule has 1 fully saturated rings. The minimum Gasteiger partial charge on any atom is -0.439 e. The van der Waals surface area contributed by atoms with Crippen LogP contribution in [0, 0.1) is 5.82 Å². The van der Waals surface area contributed by atoms with Crippen LogP contribution in [-0.4, -0.2) is 24.6 Å². The Morgan fingerprint density at radius 3 is 2.58 bits per heavy atom. The fourth-order valence-electron chi connectivity index (χ4n) is 2.66. The molecule has 2 N–H and O–H groups in total. The molecule has 0 radical (unpaired) electrons. The van der Waals surface area contributed by atoms with Crippen molar-refractivity contribution in [3.05, 3.63) is 71.5 Å². The van der Waals surface area contributed by atoms with Crippen molar-refractivity contribution in [2.45, 2.75) is 18.6 Å². The van der Waals surface area contributed by atoms with E-state index < -0.39 is 18.2 Å². The number of benzene rings is 2. The third-order valence-corrected chi connectivity index (χ3v) is 3.87. The summed E-state index contributed by atoms with van der Waals surface area (Å²) in [5.41, 5.74) is 1.27. The molecule has 1 aliphatic rings. The van der Waals surface area contributed by atoms with Gasteiger partial charge in [0, 0.05) is 6.54 Å². The average Bonchev–Trinajstić information content (AvgIpc) is 2.99. The van der Waals surface area contributed by atoms with E-state index in [9.17, 15) is 14.0 Å². The number of rotatable bonds is 5. The van der Waals surface area contributed by atoms with Crippen LogP contribution in [0.15, 0.2) is 54.6 Å². The van der Waals surface area contributed by atoms with Gasteiger partial charge in [-0.25, -0.2) is 9.18 Å². The SMILES string of the molecule is O=C1NC(C(=O)NCCc2ccccc2F)C(c2ccccc2)O1. The van der Waals surface area contributed by atoms with Gasteiger partial charge in [0.1, 0.15) is 5.82 Å². The standard InChI is InChI=1S/C18H17FN2O3/c19-14-9-5-4-6-12(14)10-11-20-17(22)15-16(24-18(23)21-15)13-7-2-1-3-8-13/h1-9,15-16H,10-11H2,(H,20,22)(H,21,23). The van der Waals surface area contributed by atoms with E-state index in [4.69, 9.17) is 4.74 Å². The lowest BCUT2D eigenvalue weighted by molar-refractivity contribution is -0.124. The summed E-state index contributed by atoms with van der Waals surface area (Å²) in [6.45, 7) is 0.271. The predicted molar refractivity (Wildman–Crippen MR) is 85.7 cm³/mol. The third-order valence-electron chi connectivity index (χ3n) is 3.87. The molecule has 2 unspecified atom stereocenters. The fraction of sp³-hybridized carbons (Fsp3) is 0.222. The van der Waals surface area contributed by atoms with Gasteiger partial charge in [-0.1, -0.05) is 48.5 Å². The van der Waals surface area contributed by atoms with Crippen molar-refractivity contribution in [2.24, 2.45) is 0 Å². The molecule has 124 valence electrons. The first-order valence-corrected chi connectivity index (χ1v) is 7.68. The summed E-state index contributed by atoms with van der Waals surface area (Å²) in [5, 5.41) is 5.24. The van der Waals surface area contributed by atoms with Crippen molar-refractivity contribution in [3.63, 3.8) is 0 Å². The number of alkyl carbamates (subject to hydrolysis) is 1. The molecule has 24 heavy (non-hydrogen) atoms. The van der Waals surface area contributed by atoms with Crippen molar-refractivity contribution in [2.75, 3.05) is 6.54 Å². The van der Waals surface area contributed by atoms with Crippen molar-refractivity contribution in [1.82, 2.24) is 10.6 Å². The zero-order valence-electron chi connectivity index (χ0n) is 12.9. The van der Waals surface area contributed by atoms with E-state index in [0.717, 1.165) is 5.56 Å². The minimum absolute atomic E-state index is 0.271. The van der Waals surface area contributed by atoms with Crippen LogP contribution in [0.25, 0.3) is 0 Å². The summed E-state index contributed by atoms with van der Waals surface area (Å²) in [6, 6.07) is 14.7. The highest BCUT2D eigenvalue weighted by atomic mass is 19.1. The smallest absolute Gasteiger partial charge is 0.408 e. The number of halogens is 1. The number of hydrogen-bond acceptors (Lipinski definition) is 3. The van der Waals surface area contributed by atoms with Crippen molar-refractivity contribution < 1.29 is 18.7 Å². The Balaban J connectivity index is 1.61. The molecule has 0 spiro atoms. The topological polar surface area (TPSA) is 67.4 Å². The number of carbonyl (C=O) groups excluding carboxylic acids is 2. The van der Waals surface area contributed by atoms with Crippen LogP contribution in [0.5, 0.6) is 0 Å². The van der Waals surface area contributed by atoms with Crippen molar-refractivity contribution in [3.8, 4) is 0 Å². The Bertz CT molecular complexity index is 736. The van der Waals surface area contributed by atoms with Gasteiger partial charge in [0.15, 0.2) is 12.1 Å². The largest absolute Gasteiger partial charge is 0.439 e. The molecule has 1 aliphatic heterocycles. The Morgan fingerprint density at radius 1 is 1.12 bits per heavy atom. The fourth-order valence-corrected chi connectivity index (χ4v) is 2.66. The summed E-state index contributed by atoms with van der Waals surface area (Å²) in [7, 11) is 0. The lowest BCUT2D eigenvalue weighted by Crippen LogP contribution is -2.44. The average molecular weight is 328 g/mol. The summed E-state index contributed by atoms with van der Waals surface area (Å²) in [4.78, 5) is 23.9. The van der Waals surface area contributed by atoms with Crippen molar-refractivity contribution >= 4 is 12.0 Å². The lowest BCUT2D eigenvalue weighted by atomic mass is 10.0. The summed E-state index contributed by atoms with van der Waals surface area (Å²) < 4.78 is 18.8. The van der Waals surface area contributed by atoms with Crippen LogP contribution in [-0.2, 0) is 16.0 Å². The summed E-state index contributed by atoms with van der Waals surface area (Å²) in [5.74, 6) is -0.655. The minimum atomic E-state index is -0.805. The number of nitrogens with one attached hydrogen (secondary N) is 2. The number of carbonyl (C=O) groups is 2. The lowest BCUT2D eigenvalue weighted by Gasteiger charge is -2.17. The molecule has 2 atom stereocenters. The Labute approximate surface area is 138 Å². The second-order valence-electron chi connectivity index (χ2n) is 5.49. The van der Waals surface area contributed by atoms with Crippen LogP contribution in [0.3, 0.4) is 0 Å². The normalized spacial score (nSPS) is 19.5. The van der Waals surface area contributed by atoms with Gasteiger partial charge in [-0.3, -0.25) is 4.79 Å². The number of amides is 2. The van der Waals surface area contributed by atoms with Crippen LogP contribution in [0.1, 0.15) is 17.2 Å². The maximum absolute atomic E-state index is 13.6. The second kappa shape index (κ2) is 7.12. The van der Waals surface area contributed by atoms with Gasteiger partial charge < -0.3 is 15.4 Å². The molecule has 0 aromatic heterocycles. The van der Waals surface area contributed by atoms with Gasteiger partial charge >= 0.3 is 6.09 Å². The van der Waals surface area contributed by atoms with E-state index in [1.54, 1.807) is 30.3 Å². The Morgan fingerprint density at radius 2 is 1.83 bits per heavy atom. The summed E-state index contributed by atoms with van der Waals surface area (Å²) in [6.07, 6.45) is -0.930. The molecular weight excluding hydrogens is 311 g/mol.